The number of carbonyl (C=O) groups is 2. The number of hydrogen-bond donors (Lipinski definition) is 2. The Morgan fingerprint density at radius 2 is 1.78 bits per heavy atom. The SMILES string of the molecule is COc1ccc(S(=O)(=O)N2CCC(C(=O)Nc3sc4c(c3C(N)=O)CCCC4)CC2)cc1. The number of sulfonamides is 1. The van der Waals surface area contributed by atoms with E-state index in [4.69, 9.17) is 10.5 Å². The number of fused-ring (bicyclic) bond motifs is 1. The van der Waals surface area contributed by atoms with Crippen LogP contribution in [0, 0.1) is 5.92 Å². The van der Waals surface area contributed by atoms with Gasteiger partial charge in [0, 0.05) is 23.9 Å². The third-order valence-electron chi connectivity index (χ3n) is 6.18. The van der Waals surface area contributed by atoms with E-state index in [0.717, 1.165) is 36.1 Å². The highest BCUT2D eigenvalue weighted by molar-refractivity contribution is 7.89. The fraction of sp³-hybridized carbons (Fsp3) is 0.455. The molecule has 2 aliphatic rings. The Morgan fingerprint density at radius 3 is 2.41 bits per heavy atom. The van der Waals surface area contributed by atoms with Crippen LogP contribution in [0.1, 0.15) is 46.5 Å². The zero-order valence-corrected chi connectivity index (χ0v) is 19.6. The van der Waals surface area contributed by atoms with Crippen molar-refractivity contribution in [1.82, 2.24) is 4.31 Å². The molecule has 172 valence electrons. The van der Waals surface area contributed by atoms with Crippen LogP contribution in [0.4, 0.5) is 5.00 Å². The second kappa shape index (κ2) is 9.21. The third kappa shape index (κ3) is 4.39. The number of anilines is 1. The number of aryl methyl sites for hydroxylation is 1. The van der Waals surface area contributed by atoms with E-state index < -0.39 is 15.9 Å². The van der Waals surface area contributed by atoms with Gasteiger partial charge in [0.2, 0.25) is 15.9 Å². The molecule has 2 aromatic rings. The summed E-state index contributed by atoms with van der Waals surface area (Å²) in [5, 5.41) is 3.44. The first-order valence-electron chi connectivity index (χ1n) is 10.7. The van der Waals surface area contributed by atoms with Crippen LogP contribution in [0.25, 0.3) is 0 Å². The molecule has 1 fully saturated rings. The normalized spacial score (nSPS) is 17.5. The number of methoxy groups -OCH3 is 1. The number of carbonyl (C=O) groups excluding carboxylic acids is 2. The number of primary amides is 1. The minimum atomic E-state index is -3.63. The number of benzene rings is 1. The van der Waals surface area contributed by atoms with Crippen molar-refractivity contribution in [2.45, 2.75) is 43.4 Å². The van der Waals surface area contributed by atoms with E-state index in [1.807, 2.05) is 0 Å². The van der Waals surface area contributed by atoms with Gasteiger partial charge in [-0.3, -0.25) is 9.59 Å². The molecule has 0 atom stereocenters. The van der Waals surface area contributed by atoms with Gasteiger partial charge < -0.3 is 15.8 Å². The Hall–Kier alpha value is -2.43. The van der Waals surface area contributed by atoms with Gasteiger partial charge in [0.05, 0.1) is 17.6 Å². The van der Waals surface area contributed by atoms with E-state index in [2.05, 4.69) is 5.32 Å². The molecule has 32 heavy (non-hydrogen) atoms. The number of rotatable bonds is 6. The molecule has 0 bridgehead atoms. The lowest BCUT2D eigenvalue weighted by Gasteiger charge is -2.30. The molecule has 4 rings (SSSR count). The summed E-state index contributed by atoms with van der Waals surface area (Å²) in [5.41, 5.74) is 7.03. The number of ether oxygens (including phenoxy) is 1. The van der Waals surface area contributed by atoms with Gasteiger partial charge in [0.1, 0.15) is 10.8 Å². The molecule has 1 aromatic heterocycles. The lowest BCUT2D eigenvalue weighted by Crippen LogP contribution is -2.41. The van der Waals surface area contributed by atoms with Gasteiger partial charge in [0.25, 0.3) is 5.91 Å². The summed E-state index contributed by atoms with van der Waals surface area (Å²) in [6.45, 7) is 0.520. The summed E-state index contributed by atoms with van der Waals surface area (Å²) in [4.78, 5) is 26.3. The average Bonchev–Trinajstić information content (AvgIpc) is 3.17. The maximum Gasteiger partial charge on any atom is 0.251 e. The van der Waals surface area contributed by atoms with E-state index in [1.165, 1.54) is 34.9 Å². The van der Waals surface area contributed by atoms with Gasteiger partial charge in [-0.25, -0.2) is 8.42 Å². The molecule has 1 aromatic carbocycles. The summed E-state index contributed by atoms with van der Waals surface area (Å²) in [6, 6.07) is 6.28. The second-order valence-corrected chi connectivity index (χ2v) is 11.2. The average molecular weight is 478 g/mol. The van der Waals surface area contributed by atoms with E-state index in [9.17, 15) is 18.0 Å². The Labute approximate surface area is 191 Å². The van der Waals surface area contributed by atoms with Gasteiger partial charge in [-0.1, -0.05) is 0 Å². The fourth-order valence-electron chi connectivity index (χ4n) is 4.38. The number of amides is 2. The van der Waals surface area contributed by atoms with Gasteiger partial charge >= 0.3 is 0 Å². The number of thiophene rings is 1. The molecule has 1 saturated heterocycles. The fourth-order valence-corrected chi connectivity index (χ4v) is 7.15. The van der Waals surface area contributed by atoms with Gasteiger partial charge in [-0.15, -0.1) is 11.3 Å². The van der Waals surface area contributed by atoms with Crippen molar-refractivity contribution in [2.24, 2.45) is 11.7 Å². The lowest BCUT2D eigenvalue weighted by molar-refractivity contribution is -0.120. The molecule has 0 radical (unpaired) electrons. The molecular weight excluding hydrogens is 450 g/mol. The summed E-state index contributed by atoms with van der Waals surface area (Å²) in [6.07, 6.45) is 4.62. The molecule has 1 aliphatic carbocycles. The van der Waals surface area contributed by atoms with Crippen LogP contribution < -0.4 is 15.8 Å². The number of hydrogen-bond acceptors (Lipinski definition) is 6. The first-order valence-corrected chi connectivity index (χ1v) is 13.0. The van der Waals surface area contributed by atoms with E-state index in [1.54, 1.807) is 12.1 Å². The number of piperidine rings is 1. The quantitative estimate of drug-likeness (QED) is 0.663. The zero-order chi connectivity index (χ0) is 22.9. The first-order chi connectivity index (χ1) is 15.3. The van der Waals surface area contributed by atoms with Gasteiger partial charge in [-0.2, -0.15) is 4.31 Å². The highest BCUT2D eigenvalue weighted by atomic mass is 32.2. The summed E-state index contributed by atoms with van der Waals surface area (Å²) in [7, 11) is -2.10. The molecule has 10 heteroatoms. The molecular formula is C22H27N3O5S2. The lowest BCUT2D eigenvalue weighted by atomic mass is 9.95. The Kier molecular flexibility index (Phi) is 6.55. The van der Waals surface area contributed by atoms with Crippen LogP contribution in [-0.2, 0) is 27.7 Å². The van der Waals surface area contributed by atoms with Gasteiger partial charge in [-0.05, 0) is 68.4 Å². The Balaban J connectivity index is 1.42. The molecule has 1 aliphatic heterocycles. The molecule has 2 amide bonds. The van der Waals surface area contributed by atoms with Crippen molar-refractivity contribution >= 4 is 38.2 Å². The standard InChI is InChI=1S/C22H27N3O5S2/c1-30-15-6-8-16(9-7-15)32(28,29)25-12-10-14(11-13-25)21(27)24-22-19(20(23)26)17-4-2-3-5-18(17)31-22/h6-9,14H,2-5,10-13H2,1H3,(H2,23,26)(H,24,27). The smallest absolute Gasteiger partial charge is 0.251 e. The Morgan fingerprint density at radius 1 is 1.12 bits per heavy atom. The first kappa shape index (κ1) is 22.8. The summed E-state index contributed by atoms with van der Waals surface area (Å²) >= 11 is 1.44. The third-order valence-corrected chi connectivity index (χ3v) is 9.30. The van der Waals surface area contributed by atoms with E-state index in [-0.39, 0.29) is 29.8 Å². The predicted octanol–water partition coefficient (Wildman–Crippen LogP) is 2.77. The number of nitrogens with one attached hydrogen (secondary N) is 1. The van der Waals surface area contributed by atoms with Crippen molar-refractivity contribution in [2.75, 3.05) is 25.5 Å². The van der Waals surface area contributed by atoms with Crippen LogP contribution >= 0.6 is 11.3 Å². The molecule has 0 spiro atoms. The van der Waals surface area contributed by atoms with Crippen LogP contribution in [0.3, 0.4) is 0 Å². The Bertz CT molecular complexity index is 1120. The second-order valence-electron chi connectivity index (χ2n) is 8.12. The van der Waals surface area contributed by atoms with Crippen LogP contribution in [0.2, 0.25) is 0 Å². The van der Waals surface area contributed by atoms with Crippen LogP contribution in [0.15, 0.2) is 29.2 Å². The minimum absolute atomic E-state index is 0.187. The molecule has 2 heterocycles. The zero-order valence-electron chi connectivity index (χ0n) is 17.9. The topological polar surface area (TPSA) is 119 Å². The van der Waals surface area contributed by atoms with Crippen LogP contribution in [-0.4, -0.2) is 44.7 Å². The highest BCUT2D eigenvalue weighted by Crippen LogP contribution is 2.38. The van der Waals surface area contributed by atoms with Crippen LogP contribution in [0.5, 0.6) is 5.75 Å². The number of nitrogens with zero attached hydrogens (tertiary/aromatic N) is 1. The molecule has 8 nitrogen and oxygen atoms in total. The molecule has 0 unspecified atom stereocenters. The van der Waals surface area contributed by atoms with Crippen molar-refractivity contribution < 1.29 is 22.7 Å². The van der Waals surface area contributed by atoms with Gasteiger partial charge in [0.15, 0.2) is 0 Å². The minimum Gasteiger partial charge on any atom is -0.497 e. The van der Waals surface area contributed by atoms with Crippen molar-refractivity contribution in [3.05, 3.63) is 40.3 Å². The van der Waals surface area contributed by atoms with E-state index >= 15 is 0 Å². The largest absolute Gasteiger partial charge is 0.497 e. The number of nitrogens with two attached hydrogens (primary N) is 1. The summed E-state index contributed by atoms with van der Waals surface area (Å²) < 4.78 is 32.3. The maximum atomic E-state index is 12.9. The van der Waals surface area contributed by atoms with E-state index in [0.29, 0.717) is 29.2 Å². The van der Waals surface area contributed by atoms with Crippen molar-refractivity contribution in [3.8, 4) is 5.75 Å². The summed E-state index contributed by atoms with van der Waals surface area (Å²) in [5.74, 6) is -0.435. The molecule has 0 saturated carbocycles. The monoisotopic (exact) mass is 477 g/mol. The predicted molar refractivity (Wildman–Crippen MR) is 123 cm³/mol. The highest BCUT2D eigenvalue weighted by Gasteiger charge is 2.33. The molecule has 3 N–H and O–H groups in total. The van der Waals surface area contributed by atoms with Crippen molar-refractivity contribution in [3.63, 3.8) is 0 Å². The maximum absolute atomic E-state index is 12.9. The van der Waals surface area contributed by atoms with Crippen molar-refractivity contribution in [1.29, 1.82) is 0 Å².